The van der Waals surface area contributed by atoms with E-state index in [0.717, 1.165) is 26.4 Å². The zero-order chi connectivity index (χ0) is 17.3. The molecule has 24 heavy (non-hydrogen) atoms. The lowest BCUT2D eigenvalue weighted by atomic mass is 10.2. The lowest BCUT2D eigenvalue weighted by Crippen LogP contribution is -2.09. The molecule has 0 atom stereocenters. The highest BCUT2D eigenvalue weighted by Gasteiger charge is 2.17. The summed E-state index contributed by atoms with van der Waals surface area (Å²) < 4.78 is 1.76. The van der Waals surface area contributed by atoms with Crippen LogP contribution in [0.4, 0.5) is 0 Å². The Morgan fingerprint density at radius 1 is 1.29 bits per heavy atom. The van der Waals surface area contributed by atoms with E-state index >= 15 is 0 Å². The summed E-state index contributed by atoms with van der Waals surface area (Å²) in [5.74, 6) is -0.901. The Balaban J connectivity index is 2.17. The first-order valence-corrected chi connectivity index (χ1v) is 8.37. The highest BCUT2D eigenvalue weighted by Crippen LogP contribution is 2.39. The largest absolute Gasteiger partial charge is 0.480 e. The highest BCUT2D eigenvalue weighted by molar-refractivity contribution is 7.99. The third kappa shape index (κ3) is 3.12. The molecule has 0 amide bonds. The summed E-state index contributed by atoms with van der Waals surface area (Å²) in [6, 6.07) is 14.9. The molecule has 0 radical (unpaired) electrons. The smallest absolute Gasteiger partial charge is 0.323 e. The van der Waals surface area contributed by atoms with Crippen molar-refractivity contribution in [3.05, 3.63) is 58.7 Å². The Morgan fingerprint density at radius 2 is 2.00 bits per heavy atom. The molecule has 1 N–H and O–H groups in total. The van der Waals surface area contributed by atoms with Gasteiger partial charge < -0.3 is 9.67 Å². The SMILES string of the molecule is Cc1c(Sc2ccc(Cl)cc2)c2cc(C#N)ccc2n1CC(=O)O. The quantitative estimate of drug-likeness (QED) is 0.735. The number of hydrogen-bond donors (Lipinski definition) is 1. The molecule has 1 aromatic heterocycles. The van der Waals surface area contributed by atoms with Crippen LogP contribution in [0.2, 0.25) is 5.02 Å². The zero-order valence-corrected chi connectivity index (χ0v) is 14.4. The van der Waals surface area contributed by atoms with Crippen LogP contribution in [0.5, 0.6) is 0 Å². The summed E-state index contributed by atoms with van der Waals surface area (Å²) in [5.41, 5.74) is 2.22. The Hall–Kier alpha value is -2.42. The van der Waals surface area contributed by atoms with Crippen LogP contribution in [0.1, 0.15) is 11.3 Å². The highest BCUT2D eigenvalue weighted by atomic mass is 35.5. The molecule has 0 saturated carbocycles. The number of aliphatic carboxylic acids is 1. The predicted octanol–water partition coefficient (Wildman–Crippen LogP) is 4.71. The number of rotatable bonds is 4. The summed E-state index contributed by atoms with van der Waals surface area (Å²) in [5, 5.41) is 19.9. The van der Waals surface area contributed by atoms with E-state index in [-0.39, 0.29) is 6.54 Å². The molecule has 0 aliphatic rings. The molecule has 2 aromatic carbocycles. The molecule has 120 valence electrons. The molecule has 4 nitrogen and oxygen atoms in total. The van der Waals surface area contributed by atoms with Gasteiger partial charge in [-0.1, -0.05) is 23.4 Å². The van der Waals surface area contributed by atoms with Gasteiger partial charge in [0.05, 0.1) is 17.1 Å². The van der Waals surface area contributed by atoms with E-state index in [2.05, 4.69) is 6.07 Å². The van der Waals surface area contributed by atoms with E-state index in [1.54, 1.807) is 22.8 Å². The van der Waals surface area contributed by atoms with E-state index in [1.807, 2.05) is 31.2 Å². The number of aromatic nitrogens is 1. The molecule has 6 heteroatoms. The van der Waals surface area contributed by atoms with Gasteiger partial charge in [-0.05, 0) is 49.4 Å². The standard InChI is InChI=1S/C18H13ClN2O2S/c1-11-18(24-14-5-3-13(19)4-6-14)15-8-12(9-20)2-7-16(15)21(11)10-17(22)23/h2-8H,10H2,1H3,(H,22,23). The van der Waals surface area contributed by atoms with Crippen molar-refractivity contribution in [1.82, 2.24) is 4.57 Å². The van der Waals surface area contributed by atoms with Crippen LogP contribution in [0.25, 0.3) is 10.9 Å². The lowest BCUT2D eigenvalue weighted by Gasteiger charge is -2.05. The number of benzene rings is 2. The fraction of sp³-hybridized carbons (Fsp3) is 0.111. The molecule has 1 heterocycles. The molecule has 0 unspecified atom stereocenters. The Bertz CT molecular complexity index is 971. The maximum absolute atomic E-state index is 11.2. The average molecular weight is 357 g/mol. The maximum atomic E-state index is 11.2. The van der Waals surface area contributed by atoms with Crippen LogP contribution in [0.15, 0.2) is 52.3 Å². The first kappa shape index (κ1) is 16.4. The second-order valence-corrected chi connectivity index (χ2v) is 6.81. The van der Waals surface area contributed by atoms with Crippen LogP contribution in [0.3, 0.4) is 0 Å². The number of carboxylic acid groups (broad SMARTS) is 1. The summed E-state index contributed by atoms with van der Waals surface area (Å²) in [7, 11) is 0. The van der Waals surface area contributed by atoms with Gasteiger partial charge in [-0.3, -0.25) is 4.79 Å². The van der Waals surface area contributed by atoms with E-state index in [0.29, 0.717) is 10.6 Å². The van der Waals surface area contributed by atoms with Gasteiger partial charge in [0.15, 0.2) is 0 Å². The van der Waals surface area contributed by atoms with Crippen LogP contribution in [-0.2, 0) is 11.3 Å². The Labute approximate surface area is 148 Å². The van der Waals surface area contributed by atoms with Crippen LogP contribution < -0.4 is 0 Å². The third-order valence-corrected chi connectivity index (χ3v) is 5.20. The first-order valence-electron chi connectivity index (χ1n) is 7.17. The molecule has 3 rings (SSSR count). The van der Waals surface area contributed by atoms with Crippen molar-refractivity contribution < 1.29 is 9.90 Å². The number of nitriles is 1. The molecule has 0 aliphatic heterocycles. The van der Waals surface area contributed by atoms with Crippen molar-refractivity contribution in [1.29, 1.82) is 5.26 Å². The molecule has 3 aromatic rings. The second kappa shape index (κ2) is 6.60. The van der Waals surface area contributed by atoms with E-state index < -0.39 is 5.97 Å². The zero-order valence-electron chi connectivity index (χ0n) is 12.8. The molecule has 0 aliphatic carbocycles. The van der Waals surface area contributed by atoms with Crippen LogP contribution >= 0.6 is 23.4 Å². The minimum Gasteiger partial charge on any atom is -0.480 e. The third-order valence-electron chi connectivity index (χ3n) is 3.72. The fourth-order valence-electron chi connectivity index (χ4n) is 2.61. The lowest BCUT2D eigenvalue weighted by molar-refractivity contribution is -0.137. The minimum atomic E-state index is -0.901. The predicted molar refractivity (Wildman–Crippen MR) is 94.6 cm³/mol. The van der Waals surface area contributed by atoms with E-state index in [1.165, 1.54) is 11.8 Å². The molecular weight excluding hydrogens is 344 g/mol. The summed E-state index contributed by atoms with van der Waals surface area (Å²) in [4.78, 5) is 13.1. The normalized spacial score (nSPS) is 10.7. The average Bonchev–Trinajstić information content (AvgIpc) is 2.81. The summed E-state index contributed by atoms with van der Waals surface area (Å²) in [6.07, 6.45) is 0. The van der Waals surface area contributed by atoms with Gasteiger partial charge in [-0.2, -0.15) is 5.26 Å². The maximum Gasteiger partial charge on any atom is 0.323 e. The number of carbonyl (C=O) groups is 1. The van der Waals surface area contributed by atoms with E-state index in [4.69, 9.17) is 16.9 Å². The number of nitrogens with zero attached hydrogens (tertiary/aromatic N) is 2. The van der Waals surface area contributed by atoms with Crippen molar-refractivity contribution >= 4 is 40.2 Å². The monoisotopic (exact) mass is 356 g/mol. The molecule has 0 bridgehead atoms. The van der Waals surface area contributed by atoms with Crippen molar-refractivity contribution in [2.75, 3.05) is 0 Å². The van der Waals surface area contributed by atoms with Gasteiger partial charge in [0, 0.05) is 25.9 Å². The first-order chi connectivity index (χ1) is 11.5. The Kier molecular flexibility index (Phi) is 4.52. The summed E-state index contributed by atoms with van der Waals surface area (Å²) in [6.45, 7) is 1.78. The van der Waals surface area contributed by atoms with Crippen molar-refractivity contribution in [3.8, 4) is 6.07 Å². The number of halogens is 1. The summed E-state index contributed by atoms with van der Waals surface area (Å²) >= 11 is 7.46. The minimum absolute atomic E-state index is 0.116. The van der Waals surface area contributed by atoms with Crippen LogP contribution in [-0.4, -0.2) is 15.6 Å². The van der Waals surface area contributed by atoms with E-state index in [9.17, 15) is 9.90 Å². The van der Waals surface area contributed by atoms with Gasteiger partial charge in [0.25, 0.3) is 0 Å². The van der Waals surface area contributed by atoms with Crippen molar-refractivity contribution in [2.45, 2.75) is 23.3 Å². The van der Waals surface area contributed by atoms with Gasteiger partial charge in [0.2, 0.25) is 0 Å². The molecule has 0 spiro atoms. The number of carboxylic acids is 1. The molecule has 0 saturated heterocycles. The number of fused-ring (bicyclic) bond motifs is 1. The molecular formula is C18H13ClN2O2S. The fourth-order valence-corrected chi connectivity index (χ4v) is 3.77. The van der Waals surface area contributed by atoms with Crippen LogP contribution in [0, 0.1) is 18.3 Å². The van der Waals surface area contributed by atoms with Crippen molar-refractivity contribution in [2.24, 2.45) is 0 Å². The van der Waals surface area contributed by atoms with Gasteiger partial charge >= 0.3 is 5.97 Å². The Morgan fingerprint density at radius 3 is 2.62 bits per heavy atom. The second-order valence-electron chi connectivity index (χ2n) is 5.29. The van der Waals surface area contributed by atoms with Crippen molar-refractivity contribution in [3.63, 3.8) is 0 Å². The van der Waals surface area contributed by atoms with Gasteiger partial charge in [0.1, 0.15) is 6.54 Å². The van der Waals surface area contributed by atoms with Gasteiger partial charge in [-0.25, -0.2) is 0 Å². The molecule has 0 fully saturated rings. The topological polar surface area (TPSA) is 66.0 Å². The number of hydrogen-bond acceptors (Lipinski definition) is 3. The van der Waals surface area contributed by atoms with Gasteiger partial charge in [-0.15, -0.1) is 0 Å².